The van der Waals surface area contributed by atoms with E-state index in [2.05, 4.69) is 4.74 Å². The van der Waals surface area contributed by atoms with Gasteiger partial charge in [-0.2, -0.15) is 0 Å². The molecule has 5 heteroatoms. The van der Waals surface area contributed by atoms with Crippen LogP contribution in [-0.4, -0.2) is 35.7 Å². The van der Waals surface area contributed by atoms with E-state index < -0.39 is 11.4 Å². The molecule has 0 aliphatic rings. The number of aliphatic hydroxyl groups is 1. The molecule has 0 radical (unpaired) electrons. The second kappa shape index (κ2) is 5.24. The summed E-state index contributed by atoms with van der Waals surface area (Å²) >= 11 is 0.937. The van der Waals surface area contributed by atoms with Gasteiger partial charge < -0.3 is 9.84 Å². The van der Waals surface area contributed by atoms with E-state index in [0.717, 1.165) is 11.8 Å². The Kier molecular flexibility index (Phi) is 5.02. The van der Waals surface area contributed by atoms with E-state index in [9.17, 15) is 9.59 Å². The van der Waals surface area contributed by atoms with Gasteiger partial charge >= 0.3 is 5.97 Å². The number of methoxy groups -OCH3 is 1. The van der Waals surface area contributed by atoms with Gasteiger partial charge in [0.2, 0.25) is 5.12 Å². The fourth-order valence-electron chi connectivity index (χ4n) is 0.657. The van der Waals surface area contributed by atoms with Crippen LogP contribution in [0, 0.1) is 5.41 Å². The Hall–Kier alpha value is -0.550. The van der Waals surface area contributed by atoms with Gasteiger partial charge in [0.15, 0.2) is 0 Å². The summed E-state index contributed by atoms with van der Waals surface area (Å²) in [4.78, 5) is 22.5. The molecule has 1 N–H and O–H groups in total. The summed E-state index contributed by atoms with van der Waals surface area (Å²) in [6, 6.07) is 0. The van der Waals surface area contributed by atoms with Crippen LogP contribution < -0.4 is 0 Å². The highest BCUT2D eigenvalue weighted by atomic mass is 32.2. The Morgan fingerprint density at radius 2 is 2.00 bits per heavy atom. The van der Waals surface area contributed by atoms with Crippen LogP contribution in [0.1, 0.15) is 13.8 Å². The zero-order valence-corrected chi connectivity index (χ0v) is 8.81. The molecule has 0 unspecified atom stereocenters. The second-order valence-corrected chi connectivity index (χ2v) is 4.04. The van der Waals surface area contributed by atoms with Crippen LogP contribution in [-0.2, 0) is 14.3 Å². The van der Waals surface area contributed by atoms with Gasteiger partial charge in [0.25, 0.3) is 0 Å². The fraction of sp³-hybridized carbons (Fsp3) is 0.750. The first-order chi connectivity index (χ1) is 5.96. The summed E-state index contributed by atoms with van der Waals surface area (Å²) in [5.74, 6) is -0.248. The molecule has 0 spiro atoms. The lowest BCUT2D eigenvalue weighted by atomic mass is 9.96. The molecule has 0 aromatic carbocycles. The summed E-state index contributed by atoms with van der Waals surface area (Å²) in [7, 11) is 1.24. The Bertz CT molecular complexity index is 200. The van der Waals surface area contributed by atoms with Gasteiger partial charge in [-0.1, -0.05) is 11.8 Å². The predicted molar refractivity (Wildman–Crippen MR) is 50.3 cm³/mol. The van der Waals surface area contributed by atoms with Crippen molar-refractivity contribution >= 4 is 22.8 Å². The molecule has 0 aromatic heterocycles. The number of hydrogen-bond donors (Lipinski definition) is 1. The number of hydrogen-bond acceptors (Lipinski definition) is 5. The Balaban J connectivity index is 4.27. The van der Waals surface area contributed by atoms with Gasteiger partial charge in [0.1, 0.15) is 5.41 Å². The smallest absolute Gasteiger partial charge is 0.319 e. The molecule has 0 aliphatic carbocycles. The van der Waals surface area contributed by atoms with Crippen LogP contribution in [0.15, 0.2) is 0 Å². The zero-order chi connectivity index (χ0) is 10.5. The Labute approximate surface area is 81.6 Å². The van der Waals surface area contributed by atoms with Crippen LogP contribution in [0.25, 0.3) is 0 Å². The lowest BCUT2D eigenvalue weighted by Gasteiger charge is -2.18. The van der Waals surface area contributed by atoms with E-state index in [-0.39, 0.29) is 11.7 Å². The molecule has 4 nitrogen and oxygen atoms in total. The van der Waals surface area contributed by atoms with E-state index in [1.165, 1.54) is 21.0 Å². The van der Waals surface area contributed by atoms with Gasteiger partial charge in [0, 0.05) is 5.75 Å². The van der Waals surface area contributed by atoms with Crippen molar-refractivity contribution in [3.8, 4) is 0 Å². The number of thioether (sulfide) groups is 1. The summed E-state index contributed by atoms with van der Waals surface area (Å²) in [5.41, 5.74) is -1.13. The first-order valence-electron chi connectivity index (χ1n) is 3.83. The second-order valence-electron chi connectivity index (χ2n) is 2.98. The monoisotopic (exact) mass is 206 g/mol. The van der Waals surface area contributed by atoms with E-state index >= 15 is 0 Å². The third-order valence-corrected chi connectivity index (χ3v) is 2.69. The summed E-state index contributed by atoms with van der Waals surface area (Å²) in [5, 5.41) is 8.20. The summed E-state index contributed by atoms with van der Waals surface area (Å²) < 4.78 is 4.48. The molecular formula is C8H14O4S. The summed E-state index contributed by atoms with van der Waals surface area (Å²) in [6.07, 6.45) is 0. The molecule has 0 atom stereocenters. The third-order valence-electron chi connectivity index (χ3n) is 1.53. The molecule has 0 heterocycles. The van der Waals surface area contributed by atoms with Crippen LogP contribution in [0.4, 0.5) is 0 Å². The van der Waals surface area contributed by atoms with Gasteiger partial charge in [-0.05, 0) is 13.8 Å². The highest BCUT2D eigenvalue weighted by Gasteiger charge is 2.36. The minimum absolute atomic E-state index is 0.0757. The molecule has 76 valence electrons. The summed E-state index contributed by atoms with van der Waals surface area (Å²) in [6.45, 7) is 2.94. The first-order valence-corrected chi connectivity index (χ1v) is 4.82. The zero-order valence-electron chi connectivity index (χ0n) is 7.99. The lowest BCUT2D eigenvalue weighted by Crippen LogP contribution is -2.32. The minimum atomic E-state index is -1.13. The van der Waals surface area contributed by atoms with Gasteiger partial charge in [-0.3, -0.25) is 9.59 Å². The Morgan fingerprint density at radius 1 is 1.46 bits per heavy atom. The fourth-order valence-corrected chi connectivity index (χ4v) is 1.38. The SMILES string of the molecule is COC(=O)C(C)(C)C(=O)SCCO. The topological polar surface area (TPSA) is 63.6 Å². The van der Waals surface area contributed by atoms with Crippen molar-refractivity contribution in [2.75, 3.05) is 19.5 Å². The van der Waals surface area contributed by atoms with Crippen molar-refractivity contribution in [2.24, 2.45) is 5.41 Å². The number of ether oxygens (including phenoxy) is 1. The van der Waals surface area contributed by atoms with Gasteiger partial charge in [0.05, 0.1) is 13.7 Å². The van der Waals surface area contributed by atoms with Crippen molar-refractivity contribution in [1.29, 1.82) is 0 Å². The van der Waals surface area contributed by atoms with E-state index in [4.69, 9.17) is 5.11 Å². The molecule has 0 bridgehead atoms. The number of rotatable bonds is 4. The minimum Gasteiger partial charge on any atom is -0.468 e. The number of carbonyl (C=O) groups excluding carboxylic acids is 2. The molecule has 0 aliphatic heterocycles. The van der Waals surface area contributed by atoms with Crippen molar-refractivity contribution in [2.45, 2.75) is 13.8 Å². The van der Waals surface area contributed by atoms with Crippen LogP contribution in [0.3, 0.4) is 0 Å². The van der Waals surface area contributed by atoms with Crippen molar-refractivity contribution in [3.63, 3.8) is 0 Å². The molecular weight excluding hydrogens is 192 g/mol. The van der Waals surface area contributed by atoms with Crippen LogP contribution in [0.5, 0.6) is 0 Å². The van der Waals surface area contributed by atoms with Crippen molar-refractivity contribution in [1.82, 2.24) is 0 Å². The molecule has 0 saturated carbocycles. The number of esters is 1. The molecule has 0 amide bonds. The molecule has 0 fully saturated rings. The average Bonchev–Trinajstić information content (AvgIpc) is 2.12. The van der Waals surface area contributed by atoms with Crippen molar-refractivity contribution < 1.29 is 19.4 Å². The highest BCUT2D eigenvalue weighted by molar-refractivity contribution is 8.13. The molecule has 0 aromatic rings. The third kappa shape index (κ3) is 3.36. The largest absolute Gasteiger partial charge is 0.468 e. The normalized spacial score (nSPS) is 11.1. The standard InChI is InChI=1S/C8H14O4S/c1-8(2,6(10)12-3)7(11)13-5-4-9/h9H,4-5H2,1-3H3. The molecule has 0 saturated heterocycles. The predicted octanol–water partition coefficient (Wildman–Crippen LogP) is 0.438. The van der Waals surface area contributed by atoms with E-state index in [1.54, 1.807) is 0 Å². The maximum absolute atomic E-state index is 11.4. The highest BCUT2D eigenvalue weighted by Crippen LogP contribution is 2.25. The van der Waals surface area contributed by atoms with Crippen LogP contribution in [0.2, 0.25) is 0 Å². The number of aliphatic hydroxyl groups excluding tert-OH is 1. The van der Waals surface area contributed by atoms with Crippen molar-refractivity contribution in [3.05, 3.63) is 0 Å². The average molecular weight is 206 g/mol. The molecule has 0 rings (SSSR count). The van der Waals surface area contributed by atoms with E-state index in [0.29, 0.717) is 5.75 Å². The van der Waals surface area contributed by atoms with Crippen LogP contribution >= 0.6 is 11.8 Å². The maximum Gasteiger partial charge on any atom is 0.319 e. The van der Waals surface area contributed by atoms with Gasteiger partial charge in [-0.15, -0.1) is 0 Å². The maximum atomic E-state index is 11.4. The quantitative estimate of drug-likeness (QED) is 0.534. The number of carbonyl (C=O) groups is 2. The van der Waals surface area contributed by atoms with E-state index in [1.807, 2.05) is 0 Å². The Morgan fingerprint density at radius 3 is 2.38 bits per heavy atom. The van der Waals surface area contributed by atoms with Gasteiger partial charge in [-0.25, -0.2) is 0 Å². The lowest BCUT2D eigenvalue weighted by molar-refractivity contribution is -0.153. The first kappa shape index (κ1) is 12.4. The molecule has 13 heavy (non-hydrogen) atoms.